The first-order valence-electron chi connectivity index (χ1n) is 5.63. The van der Waals surface area contributed by atoms with Gasteiger partial charge in [0, 0.05) is 20.5 Å². The van der Waals surface area contributed by atoms with Gasteiger partial charge < -0.3 is 22.0 Å². The number of quaternary nitrogens is 1. The molecule has 6 nitrogen and oxygen atoms in total. The van der Waals surface area contributed by atoms with Gasteiger partial charge in [-0.25, -0.2) is 5.01 Å². The van der Waals surface area contributed by atoms with Crippen LogP contribution >= 0.6 is 11.6 Å². The summed E-state index contributed by atoms with van der Waals surface area (Å²) in [6.07, 6.45) is -0.104. The van der Waals surface area contributed by atoms with Crippen molar-refractivity contribution in [1.82, 2.24) is 10.4 Å². The maximum absolute atomic E-state index is 10.7. The van der Waals surface area contributed by atoms with E-state index in [1.54, 1.807) is 14.1 Å². The molecule has 8 heteroatoms. The summed E-state index contributed by atoms with van der Waals surface area (Å²) < 4.78 is 0.962. The summed E-state index contributed by atoms with van der Waals surface area (Å²) in [6.45, 7) is 1.04. The van der Waals surface area contributed by atoms with Crippen LogP contribution < -0.4 is 17.8 Å². The zero-order chi connectivity index (χ0) is 14.8. The standard InChI is InChI=1S/C6H12N2O3.C5H13ClN.ClH/c1-8(2)7-5(9)3-4-6(10)11;1-7(2,3)5-4-6;/h3-4H2,1-2H3,(H,7,9)(H,10,11);4-5H2,1-3H3;1H/q;+1;/p-1. The van der Waals surface area contributed by atoms with Crippen molar-refractivity contribution in [2.24, 2.45) is 0 Å². The molecule has 0 aromatic rings. The topological polar surface area (TPSA) is 69.6 Å². The normalized spacial score (nSPS) is 10.1. The number of nitrogens with one attached hydrogen (secondary N) is 1. The maximum Gasteiger partial charge on any atom is 0.303 e. The summed E-state index contributed by atoms with van der Waals surface area (Å²) in [5, 5.41) is 9.68. The van der Waals surface area contributed by atoms with Crippen LogP contribution in [-0.4, -0.2) is 74.1 Å². The summed E-state index contributed by atoms with van der Waals surface area (Å²) in [7, 11) is 9.71. The van der Waals surface area contributed by atoms with Crippen molar-refractivity contribution in [2.75, 3.05) is 47.7 Å². The van der Waals surface area contributed by atoms with Crippen LogP contribution in [0.5, 0.6) is 0 Å². The third-order valence-electron chi connectivity index (χ3n) is 1.67. The number of aliphatic carboxylic acids is 1. The van der Waals surface area contributed by atoms with E-state index in [1.807, 2.05) is 0 Å². The van der Waals surface area contributed by atoms with Crippen LogP contribution in [-0.2, 0) is 9.59 Å². The van der Waals surface area contributed by atoms with Gasteiger partial charge in [0.1, 0.15) is 0 Å². The molecular weight excluding hydrogens is 293 g/mol. The molecule has 2 N–H and O–H groups in total. The Labute approximate surface area is 126 Å². The smallest absolute Gasteiger partial charge is 0.303 e. The Kier molecular flexibility index (Phi) is 15.4. The van der Waals surface area contributed by atoms with E-state index < -0.39 is 5.97 Å². The molecule has 0 aliphatic carbocycles. The number of halogens is 2. The highest BCUT2D eigenvalue weighted by atomic mass is 35.5. The molecule has 0 unspecified atom stereocenters. The molecule has 0 spiro atoms. The van der Waals surface area contributed by atoms with E-state index in [0.29, 0.717) is 0 Å². The molecule has 0 aliphatic rings. The molecule has 0 aromatic carbocycles. The molecule has 116 valence electrons. The van der Waals surface area contributed by atoms with Crippen LogP contribution in [0.2, 0.25) is 0 Å². The second-order valence-electron chi connectivity index (χ2n) is 5.03. The molecule has 0 atom stereocenters. The highest BCUT2D eigenvalue weighted by molar-refractivity contribution is 6.17. The van der Waals surface area contributed by atoms with Gasteiger partial charge in [-0.1, -0.05) is 0 Å². The Balaban J connectivity index is -0.000000280. The van der Waals surface area contributed by atoms with Crippen molar-refractivity contribution < 1.29 is 31.6 Å². The second-order valence-corrected chi connectivity index (χ2v) is 5.40. The maximum atomic E-state index is 10.7. The number of hydrogen-bond donors (Lipinski definition) is 2. The lowest BCUT2D eigenvalue weighted by molar-refractivity contribution is -0.867. The van der Waals surface area contributed by atoms with E-state index in [0.717, 1.165) is 16.9 Å². The van der Waals surface area contributed by atoms with Gasteiger partial charge in [0.25, 0.3) is 0 Å². The third kappa shape index (κ3) is 26.9. The molecule has 0 fully saturated rings. The molecule has 0 aliphatic heterocycles. The van der Waals surface area contributed by atoms with Gasteiger partial charge in [0.15, 0.2) is 0 Å². The quantitative estimate of drug-likeness (QED) is 0.320. The minimum absolute atomic E-state index is 0. The first-order chi connectivity index (χ1) is 8.08. The summed E-state index contributed by atoms with van der Waals surface area (Å²) in [5.41, 5.74) is 2.43. The van der Waals surface area contributed by atoms with Crippen molar-refractivity contribution in [3.63, 3.8) is 0 Å². The summed E-state index contributed by atoms with van der Waals surface area (Å²) in [5.74, 6) is -0.486. The van der Waals surface area contributed by atoms with E-state index in [4.69, 9.17) is 16.7 Å². The fourth-order valence-electron chi connectivity index (χ4n) is 0.779. The van der Waals surface area contributed by atoms with E-state index in [-0.39, 0.29) is 31.2 Å². The van der Waals surface area contributed by atoms with Crippen LogP contribution in [0.4, 0.5) is 0 Å². The van der Waals surface area contributed by atoms with Gasteiger partial charge in [-0.3, -0.25) is 15.0 Å². The van der Waals surface area contributed by atoms with E-state index in [2.05, 4.69) is 26.6 Å². The van der Waals surface area contributed by atoms with E-state index in [1.165, 1.54) is 5.01 Å². The number of carboxylic acids is 1. The number of alkyl halides is 1. The Bertz CT molecular complexity index is 256. The number of hydrogen-bond acceptors (Lipinski definition) is 3. The number of amides is 1. The monoisotopic (exact) mass is 317 g/mol. The zero-order valence-electron chi connectivity index (χ0n) is 12.2. The van der Waals surface area contributed by atoms with E-state index >= 15 is 0 Å². The van der Waals surface area contributed by atoms with Crippen molar-refractivity contribution in [3.05, 3.63) is 0 Å². The summed E-state index contributed by atoms with van der Waals surface area (Å²) in [6, 6.07) is 0. The Morgan fingerprint density at radius 1 is 1.21 bits per heavy atom. The van der Waals surface area contributed by atoms with Crippen molar-refractivity contribution in [1.29, 1.82) is 0 Å². The number of carbonyl (C=O) groups excluding carboxylic acids is 1. The number of rotatable bonds is 6. The van der Waals surface area contributed by atoms with Gasteiger partial charge in [0.2, 0.25) is 5.91 Å². The van der Waals surface area contributed by atoms with Crippen molar-refractivity contribution >= 4 is 23.5 Å². The number of carboxylic acid groups (broad SMARTS) is 1. The average molecular weight is 318 g/mol. The first kappa shape index (κ1) is 23.5. The number of carbonyl (C=O) groups is 2. The third-order valence-corrected chi connectivity index (χ3v) is 1.84. The van der Waals surface area contributed by atoms with E-state index in [9.17, 15) is 9.59 Å². The fraction of sp³-hybridized carbons (Fsp3) is 0.818. The summed E-state index contributed by atoms with van der Waals surface area (Å²) in [4.78, 5) is 20.7. The van der Waals surface area contributed by atoms with Crippen LogP contribution in [0, 0.1) is 0 Å². The molecule has 0 rings (SSSR count). The van der Waals surface area contributed by atoms with Crippen LogP contribution in [0.3, 0.4) is 0 Å². The Morgan fingerprint density at radius 3 is 1.89 bits per heavy atom. The molecule has 0 saturated carbocycles. The highest BCUT2D eigenvalue weighted by Crippen LogP contribution is 1.89. The lowest BCUT2D eigenvalue weighted by Gasteiger charge is -2.21. The Hall–Kier alpha value is -0.560. The van der Waals surface area contributed by atoms with Gasteiger partial charge in [-0.2, -0.15) is 0 Å². The Morgan fingerprint density at radius 2 is 1.68 bits per heavy atom. The largest absolute Gasteiger partial charge is 1.00 e. The minimum Gasteiger partial charge on any atom is -1.00 e. The van der Waals surface area contributed by atoms with Crippen LogP contribution in [0.1, 0.15) is 12.8 Å². The lowest BCUT2D eigenvalue weighted by atomic mass is 10.3. The molecule has 19 heavy (non-hydrogen) atoms. The second kappa shape index (κ2) is 12.5. The molecule has 0 heterocycles. The molecule has 1 amide bonds. The predicted molar refractivity (Wildman–Crippen MR) is 72.3 cm³/mol. The summed E-state index contributed by atoms with van der Waals surface area (Å²) >= 11 is 5.47. The first-order valence-corrected chi connectivity index (χ1v) is 6.17. The molecule has 0 radical (unpaired) electrons. The van der Waals surface area contributed by atoms with Crippen LogP contribution in [0.25, 0.3) is 0 Å². The van der Waals surface area contributed by atoms with Gasteiger partial charge in [0.05, 0.1) is 40.0 Å². The SMILES string of the molecule is CN(C)NC(=O)CCC(=O)O.C[N+](C)(C)CCCl.[Cl-]. The van der Waals surface area contributed by atoms with Gasteiger partial charge in [-0.15, -0.1) is 11.6 Å². The molecule has 0 aromatic heterocycles. The zero-order valence-corrected chi connectivity index (χ0v) is 13.8. The van der Waals surface area contributed by atoms with Crippen LogP contribution in [0.15, 0.2) is 0 Å². The average Bonchev–Trinajstić information content (AvgIpc) is 2.12. The minimum atomic E-state index is -0.959. The highest BCUT2D eigenvalue weighted by Gasteiger charge is 2.04. The van der Waals surface area contributed by atoms with Gasteiger partial charge in [-0.05, 0) is 0 Å². The lowest BCUT2D eigenvalue weighted by Crippen LogP contribution is -3.00. The number of hydrazine groups is 1. The molecule has 0 bridgehead atoms. The molecular formula is C11H25Cl2N3O3. The fourth-order valence-corrected chi connectivity index (χ4v) is 1.29. The number of nitrogens with zero attached hydrogens (tertiary/aromatic N) is 2. The van der Waals surface area contributed by atoms with Gasteiger partial charge >= 0.3 is 5.97 Å². The van der Waals surface area contributed by atoms with Crippen molar-refractivity contribution in [2.45, 2.75) is 12.8 Å². The predicted octanol–water partition coefficient (Wildman–Crippen LogP) is -2.62. The van der Waals surface area contributed by atoms with Crippen molar-refractivity contribution in [3.8, 4) is 0 Å². The molecule has 0 saturated heterocycles.